The molecule has 13 heavy (non-hydrogen) atoms. The maximum absolute atomic E-state index is 12.9. The summed E-state index contributed by atoms with van der Waals surface area (Å²) in [6, 6.07) is 5.10. The van der Waals surface area contributed by atoms with E-state index in [4.69, 9.17) is 17.3 Å². The zero-order valence-corrected chi connectivity index (χ0v) is 8.41. The summed E-state index contributed by atoms with van der Waals surface area (Å²) < 4.78 is 12.9. The van der Waals surface area contributed by atoms with Crippen LogP contribution in [0, 0.1) is 5.82 Å². The van der Waals surface area contributed by atoms with Crippen LogP contribution in [0.2, 0.25) is 5.02 Å². The second-order valence-electron chi connectivity index (χ2n) is 3.18. The maximum Gasteiger partial charge on any atom is 0.142 e. The van der Waals surface area contributed by atoms with E-state index < -0.39 is 0 Å². The van der Waals surface area contributed by atoms with Crippen LogP contribution in [0.15, 0.2) is 18.2 Å². The molecule has 2 atom stereocenters. The molecular formula is C9H10Cl2FN. The molecule has 4 heteroatoms. The SMILES string of the molecule is Cl.N[C@H]1CC1c1ccc(Cl)c(F)c1. The molecule has 1 aromatic rings. The molecule has 0 saturated heterocycles. The number of benzene rings is 1. The predicted octanol–water partition coefficient (Wildman–Crippen LogP) is 2.72. The van der Waals surface area contributed by atoms with Crippen molar-refractivity contribution in [3.63, 3.8) is 0 Å². The van der Waals surface area contributed by atoms with E-state index in [1.807, 2.05) is 6.07 Å². The van der Waals surface area contributed by atoms with Gasteiger partial charge in [-0.25, -0.2) is 4.39 Å². The van der Waals surface area contributed by atoms with Crippen molar-refractivity contribution in [2.75, 3.05) is 0 Å². The van der Waals surface area contributed by atoms with Gasteiger partial charge in [-0.2, -0.15) is 0 Å². The predicted molar refractivity (Wildman–Crippen MR) is 54.0 cm³/mol. The molecule has 0 radical (unpaired) electrons. The van der Waals surface area contributed by atoms with Gasteiger partial charge in [0.05, 0.1) is 5.02 Å². The van der Waals surface area contributed by atoms with Crippen LogP contribution in [-0.4, -0.2) is 6.04 Å². The summed E-state index contributed by atoms with van der Waals surface area (Å²) in [6.07, 6.45) is 0.959. The molecule has 1 aromatic carbocycles. The van der Waals surface area contributed by atoms with Crippen LogP contribution in [-0.2, 0) is 0 Å². The van der Waals surface area contributed by atoms with E-state index in [2.05, 4.69) is 0 Å². The fourth-order valence-corrected chi connectivity index (χ4v) is 1.46. The second kappa shape index (κ2) is 3.82. The van der Waals surface area contributed by atoms with Crippen LogP contribution >= 0.6 is 24.0 Å². The van der Waals surface area contributed by atoms with Gasteiger partial charge in [0.15, 0.2) is 0 Å². The molecule has 0 amide bonds. The number of hydrogen-bond donors (Lipinski definition) is 1. The summed E-state index contributed by atoms with van der Waals surface area (Å²) in [4.78, 5) is 0. The summed E-state index contributed by atoms with van der Waals surface area (Å²) in [5.74, 6) is -0.00923. The zero-order valence-electron chi connectivity index (χ0n) is 6.84. The Hall–Kier alpha value is -0.310. The van der Waals surface area contributed by atoms with Crippen molar-refractivity contribution in [3.8, 4) is 0 Å². The Morgan fingerprint density at radius 1 is 1.46 bits per heavy atom. The first kappa shape index (κ1) is 10.8. The van der Waals surface area contributed by atoms with E-state index >= 15 is 0 Å². The molecule has 0 aromatic heterocycles. The largest absolute Gasteiger partial charge is 0.327 e. The minimum atomic E-state index is -0.353. The fraction of sp³-hybridized carbons (Fsp3) is 0.333. The van der Waals surface area contributed by atoms with Gasteiger partial charge in [0, 0.05) is 12.0 Å². The summed E-state index contributed by atoms with van der Waals surface area (Å²) in [5.41, 5.74) is 6.59. The number of nitrogens with two attached hydrogens (primary N) is 1. The summed E-state index contributed by atoms with van der Waals surface area (Å²) in [6.45, 7) is 0. The highest BCUT2D eigenvalue weighted by Gasteiger charge is 2.34. The lowest BCUT2D eigenvalue weighted by Crippen LogP contribution is -2.01. The number of halogens is 3. The Bertz CT molecular complexity index is 316. The van der Waals surface area contributed by atoms with E-state index in [-0.39, 0.29) is 29.3 Å². The van der Waals surface area contributed by atoms with Crippen LogP contribution in [0.3, 0.4) is 0 Å². The quantitative estimate of drug-likeness (QED) is 0.776. The normalized spacial score (nSPS) is 25.2. The highest BCUT2D eigenvalue weighted by atomic mass is 35.5. The Balaban J connectivity index is 0.000000845. The minimum absolute atomic E-state index is 0. The standard InChI is InChI=1S/C9H9ClFN.ClH/c10-7-2-1-5(3-8(7)11)6-4-9(6)12;/h1-3,6,9H,4,12H2;1H/t6?,9-;/m0./s1. The van der Waals surface area contributed by atoms with Crippen molar-refractivity contribution in [2.45, 2.75) is 18.4 Å². The van der Waals surface area contributed by atoms with Crippen molar-refractivity contribution in [2.24, 2.45) is 5.73 Å². The Morgan fingerprint density at radius 2 is 2.08 bits per heavy atom. The smallest absolute Gasteiger partial charge is 0.142 e. The summed E-state index contributed by atoms with van der Waals surface area (Å²) in [5, 5.41) is 0.174. The molecule has 1 nitrogen and oxygen atoms in total. The van der Waals surface area contributed by atoms with Crippen LogP contribution in [0.25, 0.3) is 0 Å². The number of rotatable bonds is 1. The molecule has 2 rings (SSSR count). The van der Waals surface area contributed by atoms with E-state index in [0.717, 1.165) is 12.0 Å². The number of hydrogen-bond acceptors (Lipinski definition) is 1. The molecule has 0 spiro atoms. The van der Waals surface area contributed by atoms with Gasteiger partial charge in [-0.05, 0) is 24.1 Å². The van der Waals surface area contributed by atoms with Crippen molar-refractivity contribution < 1.29 is 4.39 Å². The van der Waals surface area contributed by atoms with Crippen LogP contribution in [0.1, 0.15) is 17.9 Å². The minimum Gasteiger partial charge on any atom is -0.327 e. The molecule has 0 heterocycles. The molecule has 2 N–H and O–H groups in total. The Kier molecular flexibility index (Phi) is 3.17. The molecule has 0 bridgehead atoms. The maximum atomic E-state index is 12.9. The van der Waals surface area contributed by atoms with E-state index in [0.29, 0.717) is 5.92 Å². The van der Waals surface area contributed by atoms with Gasteiger partial charge in [-0.1, -0.05) is 17.7 Å². The third-order valence-electron chi connectivity index (χ3n) is 2.21. The highest BCUT2D eigenvalue weighted by molar-refractivity contribution is 6.30. The van der Waals surface area contributed by atoms with Gasteiger partial charge in [-0.3, -0.25) is 0 Å². The Labute approximate surface area is 87.5 Å². The highest BCUT2D eigenvalue weighted by Crippen LogP contribution is 2.39. The third kappa shape index (κ3) is 2.13. The summed E-state index contributed by atoms with van der Waals surface area (Å²) in [7, 11) is 0. The Morgan fingerprint density at radius 3 is 2.54 bits per heavy atom. The van der Waals surface area contributed by atoms with Crippen molar-refractivity contribution in [1.29, 1.82) is 0 Å². The second-order valence-corrected chi connectivity index (χ2v) is 3.59. The first-order chi connectivity index (χ1) is 5.68. The first-order valence-corrected chi connectivity index (χ1v) is 4.27. The monoisotopic (exact) mass is 221 g/mol. The van der Waals surface area contributed by atoms with Gasteiger partial charge in [0.1, 0.15) is 5.82 Å². The van der Waals surface area contributed by atoms with Gasteiger partial charge >= 0.3 is 0 Å². The van der Waals surface area contributed by atoms with Gasteiger partial charge in [0.2, 0.25) is 0 Å². The van der Waals surface area contributed by atoms with Crippen molar-refractivity contribution in [1.82, 2.24) is 0 Å². The zero-order chi connectivity index (χ0) is 8.72. The van der Waals surface area contributed by atoms with Crippen molar-refractivity contribution >= 4 is 24.0 Å². The molecule has 1 saturated carbocycles. The lowest BCUT2D eigenvalue weighted by molar-refractivity contribution is 0.625. The average molecular weight is 222 g/mol. The van der Waals surface area contributed by atoms with Crippen LogP contribution < -0.4 is 5.73 Å². The van der Waals surface area contributed by atoms with Crippen LogP contribution in [0.5, 0.6) is 0 Å². The van der Waals surface area contributed by atoms with E-state index in [1.165, 1.54) is 6.07 Å². The molecule has 1 aliphatic rings. The van der Waals surface area contributed by atoms with E-state index in [9.17, 15) is 4.39 Å². The fourth-order valence-electron chi connectivity index (χ4n) is 1.34. The first-order valence-electron chi connectivity index (χ1n) is 3.89. The van der Waals surface area contributed by atoms with Crippen molar-refractivity contribution in [3.05, 3.63) is 34.6 Å². The molecule has 72 valence electrons. The molecule has 0 aliphatic heterocycles. The van der Waals surface area contributed by atoms with Gasteiger partial charge in [-0.15, -0.1) is 12.4 Å². The molecule has 1 unspecified atom stereocenters. The van der Waals surface area contributed by atoms with Crippen LogP contribution in [0.4, 0.5) is 4.39 Å². The average Bonchev–Trinajstić information content (AvgIpc) is 2.73. The topological polar surface area (TPSA) is 26.0 Å². The van der Waals surface area contributed by atoms with Gasteiger partial charge in [0.25, 0.3) is 0 Å². The molecular weight excluding hydrogens is 212 g/mol. The molecule has 1 aliphatic carbocycles. The summed E-state index contributed by atoms with van der Waals surface area (Å²) >= 11 is 5.54. The van der Waals surface area contributed by atoms with E-state index in [1.54, 1.807) is 6.07 Å². The lowest BCUT2D eigenvalue weighted by atomic mass is 10.1. The molecule has 1 fully saturated rings. The third-order valence-corrected chi connectivity index (χ3v) is 2.52. The lowest BCUT2D eigenvalue weighted by Gasteiger charge is -1.99. The van der Waals surface area contributed by atoms with Gasteiger partial charge < -0.3 is 5.73 Å².